The molecule has 0 atom stereocenters. The van der Waals surface area contributed by atoms with Crippen molar-refractivity contribution in [2.45, 2.75) is 6.54 Å². The second-order valence-electron chi connectivity index (χ2n) is 5.75. The molecule has 0 amide bonds. The van der Waals surface area contributed by atoms with Crippen LogP contribution in [0, 0.1) is 0 Å². The van der Waals surface area contributed by atoms with Crippen molar-refractivity contribution in [3.05, 3.63) is 72.6 Å². The third-order valence-electron chi connectivity index (χ3n) is 3.89. The topological polar surface area (TPSA) is 67.7 Å². The highest BCUT2D eigenvalue weighted by Gasteiger charge is 2.12. The largest absolute Gasteiger partial charge is 0.364 e. The van der Waals surface area contributed by atoms with Gasteiger partial charge < -0.3 is 15.2 Å². The van der Waals surface area contributed by atoms with Gasteiger partial charge in [-0.2, -0.15) is 9.97 Å². The first-order chi connectivity index (χ1) is 12.3. The normalized spacial score (nSPS) is 10.8. The summed E-state index contributed by atoms with van der Waals surface area (Å²) in [6.45, 7) is 0.675. The number of aryl methyl sites for hydroxylation is 1. The van der Waals surface area contributed by atoms with Crippen LogP contribution in [0.2, 0.25) is 0 Å². The number of benzene rings is 2. The molecular formula is C19H18N6. The lowest BCUT2D eigenvalue weighted by atomic mass is 10.2. The molecule has 6 heteroatoms. The van der Waals surface area contributed by atoms with Crippen molar-refractivity contribution in [2.24, 2.45) is 7.05 Å². The maximum Gasteiger partial charge on any atom is 0.231 e. The minimum Gasteiger partial charge on any atom is -0.364 e. The molecule has 0 radical (unpaired) electrons. The monoisotopic (exact) mass is 330 g/mol. The van der Waals surface area contributed by atoms with Crippen molar-refractivity contribution in [1.82, 2.24) is 19.5 Å². The minimum atomic E-state index is 0.540. The predicted molar refractivity (Wildman–Crippen MR) is 99.8 cm³/mol. The lowest BCUT2D eigenvalue weighted by molar-refractivity contribution is 0.929. The quantitative estimate of drug-likeness (QED) is 0.584. The van der Waals surface area contributed by atoms with Crippen LogP contribution in [-0.2, 0) is 13.6 Å². The highest BCUT2D eigenvalue weighted by molar-refractivity contribution is 5.84. The van der Waals surface area contributed by atoms with Crippen LogP contribution in [-0.4, -0.2) is 19.5 Å². The van der Waals surface area contributed by atoms with Gasteiger partial charge in [0.15, 0.2) is 17.0 Å². The fourth-order valence-corrected chi connectivity index (χ4v) is 2.62. The van der Waals surface area contributed by atoms with Gasteiger partial charge in [-0.25, -0.2) is 4.98 Å². The number of anilines is 3. The van der Waals surface area contributed by atoms with Gasteiger partial charge in [-0.3, -0.25) is 0 Å². The molecule has 4 aromatic rings. The van der Waals surface area contributed by atoms with Crippen molar-refractivity contribution < 1.29 is 0 Å². The van der Waals surface area contributed by atoms with Crippen LogP contribution in [0.1, 0.15) is 5.56 Å². The van der Waals surface area contributed by atoms with E-state index in [1.54, 1.807) is 6.33 Å². The summed E-state index contributed by atoms with van der Waals surface area (Å²) in [6, 6.07) is 20.1. The zero-order chi connectivity index (χ0) is 17.1. The van der Waals surface area contributed by atoms with E-state index in [2.05, 4.69) is 37.7 Å². The van der Waals surface area contributed by atoms with E-state index in [9.17, 15) is 0 Å². The fourth-order valence-electron chi connectivity index (χ4n) is 2.62. The highest BCUT2D eigenvalue weighted by Crippen LogP contribution is 2.22. The van der Waals surface area contributed by atoms with Gasteiger partial charge in [0.25, 0.3) is 0 Å². The predicted octanol–water partition coefficient (Wildman–Crippen LogP) is 3.72. The standard InChI is InChI=1S/C19H18N6/c1-25-13-21-16-17(20-12-14-8-4-2-5-9-14)23-19(24-18(16)25)22-15-10-6-3-7-11-15/h2-11,13H,12H2,1H3,(H2,20,22,23,24). The number of para-hydroxylation sites is 1. The molecule has 2 aromatic carbocycles. The summed E-state index contributed by atoms with van der Waals surface area (Å²) in [5.41, 5.74) is 3.67. The Morgan fingerprint density at radius 3 is 2.40 bits per heavy atom. The van der Waals surface area contributed by atoms with Crippen molar-refractivity contribution >= 4 is 28.6 Å². The molecule has 0 saturated carbocycles. The average molecular weight is 330 g/mol. The van der Waals surface area contributed by atoms with Crippen LogP contribution in [0.25, 0.3) is 11.2 Å². The Hall–Kier alpha value is -3.41. The number of nitrogens with one attached hydrogen (secondary N) is 2. The zero-order valence-corrected chi connectivity index (χ0v) is 13.8. The van der Waals surface area contributed by atoms with Gasteiger partial charge in [0, 0.05) is 19.3 Å². The van der Waals surface area contributed by atoms with E-state index in [1.807, 2.05) is 60.1 Å². The third kappa shape index (κ3) is 3.28. The van der Waals surface area contributed by atoms with Crippen LogP contribution in [0.3, 0.4) is 0 Å². The number of imidazole rings is 1. The van der Waals surface area contributed by atoms with E-state index in [-0.39, 0.29) is 0 Å². The highest BCUT2D eigenvalue weighted by atomic mass is 15.2. The lowest BCUT2D eigenvalue weighted by Gasteiger charge is -2.10. The molecule has 4 rings (SSSR count). The number of aromatic nitrogens is 4. The van der Waals surface area contributed by atoms with Crippen LogP contribution < -0.4 is 10.6 Å². The molecule has 0 aliphatic rings. The summed E-state index contributed by atoms with van der Waals surface area (Å²) in [6.07, 6.45) is 1.75. The van der Waals surface area contributed by atoms with E-state index >= 15 is 0 Å². The minimum absolute atomic E-state index is 0.540. The van der Waals surface area contributed by atoms with Gasteiger partial charge in [-0.15, -0.1) is 0 Å². The summed E-state index contributed by atoms with van der Waals surface area (Å²) >= 11 is 0. The van der Waals surface area contributed by atoms with Gasteiger partial charge in [-0.1, -0.05) is 48.5 Å². The van der Waals surface area contributed by atoms with E-state index in [1.165, 1.54) is 5.56 Å². The third-order valence-corrected chi connectivity index (χ3v) is 3.89. The molecule has 0 unspecified atom stereocenters. The van der Waals surface area contributed by atoms with E-state index in [0.717, 1.165) is 16.9 Å². The van der Waals surface area contributed by atoms with E-state index < -0.39 is 0 Å². The Morgan fingerprint density at radius 1 is 0.920 bits per heavy atom. The molecule has 0 bridgehead atoms. The number of fused-ring (bicyclic) bond motifs is 1. The van der Waals surface area contributed by atoms with Crippen molar-refractivity contribution in [3.8, 4) is 0 Å². The number of rotatable bonds is 5. The molecule has 2 heterocycles. The smallest absolute Gasteiger partial charge is 0.231 e. The number of hydrogen-bond donors (Lipinski definition) is 2. The molecule has 0 fully saturated rings. The molecule has 2 aromatic heterocycles. The molecule has 0 aliphatic heterocycles. The maximum atomic E-state index is 4.62. The first-order valence-corrected chi connectivity index (χ1v) is 8.08. The Bertz CT molecular complexity index is 979. The number of hydrogen-bond acceptors (Lipinski definition) is 5. The zero-order valence-electron chi connectivity index (χ0n) is 13.8. The Balaban J connectivity index is 1.67. The molecule has 0 spiro atoms. The fraction of sp³-hybridized carbons (Fsp3) is 0.105. The summed E-state index contributed by atoms with van der Waals surface area (Å²) in [4.78, 5) is 13.6. The second kappa shape index (κ2) is 6.60. The molecule has 0 saturated heterocycles. The summed E-state index contributed by atoms with van der Waals surface area (Å²) in [7, 11) is 1.93. The van der Waals surface area contributed by atoms with E-state index in [0.29, 0.717) is 18.3 Å². The van der Waals surface area contributed by atoms with Gasteiger partial charge in [-0.05, 0) is 17.7 Å². The lowest BCUT2D eigenvalue weighted by Crippen LogP contribution is -2.06. The Kier molecular flexibility index (Phi) is 4.00. The molecule has 25 heavy (non-hydrogen) atoms. The summed E-state index contributed by atoms with van der Waals surface area (Å²) in [5, 5.41) is 6.62. The molecule has 2 N–H and O–H groups in total. The van der Waals surface area contributed by atoms with E-state index in [4.69, 9.17) is 0 Å². The van der Waals surface area contributed by atoms with Gasteiger partial charge in [0.1, 0.15) is 0 Å². The van der Waals surface area contributed by atoms with Crippen LogP contribution in [0.5, 0.6) is 0 Å². The van der Waals surface area contributed by atoms with Crippen LogP contribution in [0.15, 0.2) is 67.0 Å². The first-order valence-electron chi connectivity index (χ1n) is 8.08. The van der Waals surface area contributed by atoms with Crippen LogP contribution in [0.4, 0.5) is 17.5 Å². The second-order valence-corrected chi connectivity index (χ2v) is 5.75. The van der Waals surface area contributed by atoms with Crippen molar-refractivity contribution in [3.63, 3.8) is 0 Å². The van der Waals surface area contributed by atoms with Crippen molar-refractivity contribution in [2.75, 3.05) is 10.6 Å². The van der Waals surface area contributed by atoms with Crippen molar-refractivity contribution in [1.29, 1.82) is 0 Å². The molecular weight excluding hydrogens is 312 g/mol. The number of nitrogens with zero attached hydrogens (tertiary/aromatic N) is 4. The van der Waals surface area contributed by atoms with Gasteiger partial charge in [0.2, 0.25) is 5.95 Å². The van der Waals surface area contributed by atoms with Crippen LogP contribution >= 0.6 is 0 Å². The molecule has 124 valence electrons. The first kappa shape index (κ1) is 15.1. The van der Waals surface area contributed by atoms with Gasteiger partial charge in [0.05, 0.1) is 6.33 Å². The average Bonchev–Trinajstić information content (AvgIpc) is 3.03. The summed E-state index contributed by atoms with van der Waals surface area (Å²) < 4.78 is 1.89. The Labute approximate surface area is 145 Å². The maximum absolute atomic E-state index is 4.62. The summed E-state index contributed by atoms with van der Waals surface area (Å²) in [5.74, 6) is 1.26. The SMILES string of the molecule is Cn1cnc2c(NCc3ccccc3)nc(Nc3ccccc3)nc21. The molecule has 6 nitrogen and oxygen atoms in total. The Morgan fingerprint density at radius 2 is 1.64 bits per heavy atom. The molecule has 0 aliphatic carbocycles. The van der Waals surface area contributed by atoms with Gasteiger partial charge >= 0.3 is 0 Å².